The van der Waals surface area contributed by atoms with Crippen LogP contribution in [0.25, 0.3) is 0 Å². The molecule has 0 saturated carbocycles. The van der Waals surface area contributed by atoms with Crippen molar-refractivity contribution in [3.8, 4) is 5.75 Å². The van der Waals surface area contributed by atoms with Gasteiger partial charge < -0.3 is 9.63 Å². The van der Waals surface area contributed by atoms with Crippen LogP contribution in [0.1, 0.15) is 12.5 Å². The first-order chi connectivity index (χ1) is 6.68. The highest BCUT2D eigenvalue weighted by molar-refractivity contribution is 6.03. The van der Waals surface area contributed by atoms with Gasteiger partial charge in [-0.2, -0.15) is 5.48 Å². The van der Waals surface area contributed by atoms with Crippen LogP contribution >= 0.6 is 0 Å². The molecule has 1 aromatic carbocycles. The SMILES string of the molecule is CC1(C=O)C(=O)NOc2ccccc21. The number of rotatable bonds is 1. The van der Waals surface area contributed by atoms with Gasteiger partial charge in [0.15, 0.2) is 5.75 Å². The highest BCUT2D eigenvalue weighted by atomic mass is 16.7. The zero-order chi connectivity index (χ0) is 10.2. The van der Waals surface area contributed by atoms with Crippen LogP contribution in [-0.4, -0.2) is 12.2 Å². The number of nitrogens with one attached hydrogen (secondary N) is 1. The lowest BCUT2D eigenvalue weighted by Gasteiger charge is -2.29. The van der Waals surface area contributed by atoms with Crippen LogP contribution in [-0.2, 0) is 15.0 Å². The summed E-state index contributed by atoms with van der Waals surface area (Å²) in [6, 6.07) is 6.96. The molecule has 72 valence electrons. The smallest absolute Gasteiger partial charge is 0.270 e. The molecule has 1 aromatic rings. The van der Waals surface area contributed by atoms with Crippen LogP contribution in [0.4, 0.5) is 0 Å². The number of aldehydes is 1. The number of fused-ring (bicyclic) bond motifs is 1. The van der Waals surface area contributed by atoms with Gasteiger partial charge in [-0.25, -0.2) is 0 Å². The largest absolute Gasteiger partial charge is 0.379 e. The lowest BCUT2D eigenvalue weighted by Crippen LogP contribution is -2.48. The van der Waals surface area contributed by atoms with E-state index in [-0.39, 0.29) is 0 Å². The Kier molecular flexibility index (Phi) is 1.77. The van der Waals surface area contributed by atoms with E-state index >= 15 is 0 Å². The minimum absolute atomic E-state index is 0.439. The first kappa shape index (κ1) is 8.74. The van der Waals surface area contributed by atoms with Gasteiger partial charge in [-0.05, 0) is 13.0 Å². The second-order valence-electron chi connectivity index (χ2n) is 3.35. The molecular formula is C10H9NO3. The van der Waals surface area contributed by atoms with Crippen LogP contribution in [0.2, 0.25) is 0 Å². The minimum atomic E-state index is -1.14. The Morgan fingerprint density at radius 1 is 1.43 bits per heavy atom. The van der Waals surface area contributed by atoms with Gasteiger partial charge >= 0.3 is 0 Å². The number of amides is 1. The van der Waals surface area contributed by atoms with E-state index in [9.17, 15) is 9.59 Å². The zero-order valence-corrected chi connectivity index (χ0v) is 7.61. The predicted octanol–water partition coefficient (Wildman–Crippen LogP) is 0.567. The fraction of sp³-hybridized carbons (Fsp3) is 0.200. The van der Waals surface area contributed by atoms with Crippen molar-refractivity contribution < 1.29 is 14.4 Å². The molecule has 0 aliphatic carbocycles. The van der Waals surface area contributed by atoms with Crippen molar-refractivity contribution >= 4 is 12.2 Å². The number of hydrogen-bond acceptors (Lipinski definition) is 3. The van der Waals surface area contributed by atoms with Gasteiger partial charge in [0.05, 0.1) is 0 Å². The fourth-order valence-corrected chi connectivity index (χ4v) is 1.43. The molecular weight excluding hydrogens is 182 g/mol. The molecule has 2 rings (SSSR count). The average molecular weight is 191 g/mol. The molecule has 0 fully saturated rings. The van der Waals surface area contributed by atoms with E-state index in [0.717, 1.165) is 0 Å². The van der Waals surface area contributed by atoms with Crippen molar-refractivity contribution in [1.82, 2.24) is 5.48 Å². The molecule has 1 N–H and O–H groups in total. The normalized spacial score (nSPS) is 24.5. The van der Waals surface area contributed by atoms with Crippen molar-refractivity contribution in [2.45, 2.75) is 12.3 Å². The van der Waals surface area contributed by atoms with Crippen molar-refractivity contribution in [1.29, 1.82) is 0 Å². The molecule has 4 heteroatoms. The number of carbonyl (C=O) groups excluding carboxylic acids is 2. The first-order valence-electron chi connectivity index (χ1n) is 4.21. The zero-order valence-electron chi connectivity index (χ0n) is 7.61. The molecule has 1 aliphatic heterocycles. The summed E-state index contributed by atoms with van der Waals surface area (Å²) in [5.41, 5.74) is 1.66. The molecule has 1 amide bonds. The Bertz CT molecular complexity index is 402. The Labute approximate surface area is 80.8 Å². The third kappa shape index (κ3) is 1.00. The van der Waals surface area contributed by atoms with E-state index in [1.807, 2.05) is 0 Å². The molecule has 0 aromatic heterocycles. The van der Waals surface area contributed by atoms with Crippen LogP contribution in [0.3, 0.4) is 0 Å². The van der Waals surface area contributed by atoms with Crippen LogP contribution in [0.15, 0.2) is 24.3 Å². The highest BCUT2D eigenvalue weighted by Gasteiger charge is 2.41. The van der Waals surface area contributed by atoms with E-state index in [1.165, 1.54) is 0 Å². The maximum atomic E-state index is 11.4. The lowest BCUT2D eigenvalue weighted by atomic mass is 9.82. The monoisotopic (exact) mass is 191 g/mol. The van der Waals surface area contributed by atoms with E-state index in [1.54, 1.807) is 31.2 Å². The molecule has 14 heavy (non-hydrogen) atoms. The standard InChI is InChI=1S/C10H9NO3/c1-10(6-12)7-4-2-3-5-8(7)14-11-9(10)13/h2-6H,1H3,(H,11,13). The molecule has 0 radical (unpaired) electrons. The average Bonchev–Trinajstić information content (AvgIpc) is 2.24. The van der Waals surface area contributed by atoms with Crippen molar-refractivity contribution in [2.24, 2.45) is 0 Å². The topological polar surface area (TPSA) is 55.4 Å². The maximum Gasteiger partial charge on any atom is 0.270 e. The van der Waals surface area contributed by atoms with E-state index in [2.05, 4.69) is 5.48 Å². The second-order valence-corrected chi connectivity index (χ2v) is 3.35. The third-order valence-electron chi connectivity index (χ3n) is 2.41. The van der Waals surface area contributed by atoms with Gasteiger partial charge in [-0.15, -0.1) is 0 Å². The van der Waals surface area contributed by atoms with Crippen molar-refractivity contribution in [3.05, 3.63) is 29.8 Å². The van der Waals surface area contributed by atoms with Gasteiger partial charge in [0.2, 0.25) is 0 Å². The summed E-state index contributed by atoms with van der Waals surface area (Å²) in [4.78, 5) is 27.4. The van der Waals surface area contributed by atoms with Gasteiger partial charge in [-0.1, -0.05) is 18.2 Å². The molecule has 1 unspecified atom stereocenters. The number of hydroxylamine groups is 1. The molecule has 4 nitrogen and oxygen atoms in total. The third-order valence-corrected chi connectivity index (χ3v) is 2.41. The molecule has 0 saturated heterocycles. The Morgan fingerprint density at radius 3 is 2.86 bits per heavy atom. The first-order valence-corrected chi connectivity index (χ1v) is 4.21. The van der Waals surface area contributed by atoms with Gasteiger partial charge in [-0.3, -0.25) is 4.79 Å². The fourth-order valence-electron chi connectivity index (χ4n) is 1.43. The Hall–Kier alpha value is -1.84. The lowest BCUT2D eigenvalue weighted by molar-refractivity contribution is -0.138. The van der Waals surface area contributed by atoms with Crippen molar-refractivity contribution in [3.63, 3.8) is 0 Å². The summed E-state index contributed by atoms with van der Waals surface area (Å²) in [5, 5.41) is 0. The maximum absolute atomic E-state index is 11.4. The summed E-state index contributed by atoms with van der Waals surface area (Å²) in [7, 11) is 0. The number of hydrogen-bond donors (Lipinski definition) is 1. The Balaban J connectivity index is 2.63. The van der Waals surface area contributed by atoms with Crippen molar-refractivity contribution in [2.75, 3.05) is 0 Å². The quantitative estimate of drug-likeness (QED) is 0.521. The van der Waals surface area contributed by atoms with Crippen LogP contribution < -0.4 is 10.3 Å². The molecule has 1 aliphatic rings. The van der Waals surface area contributed by atoms with Gasteiger partial charge in [0, 0.05) is 5.56 Å². The van der Waals surface area contributed by atoms with Gasteiger partial charge in [0.25, 0.3) is 5.91 Å². The summed E-state index contributed by atoms with van der Waals surface area (Å²) in [6.07, 6.45) is 0.629. The Morgan fingerprint density at radius 2 is 2.14 bits per heavy atom. The summed E-state index contributed by atoms with van der Waals surface area (Å²) < 4.78 is 0. The predicted molar refractivity (Wildman–Crippen MR) is 48.6 cm³/mol. The summed E-state index contributed by atoms with van der Waals surface area (Å²) in [5.74, 6) is 0.0768. The molecule has 1 atom stereocenters. The van der Waals surface area contributed by atoms with Crippen LogP contribution in [0, 0.1) is 0 Å². The minimum Gasteiger partial charge on any atom is -0.379 e. The molecule has 1 heterocycles. The summed E-state index contributed by atoms with van der Waals surface area (Å²) >= 11 is 0. The van der Waals surface area contributed by atoms with E-state index < -0.39 is 11.3 Å². The number of benzene rings is 1. The molecule has 0 spiro atoms. The van der Waals surface area contributed by atoms with Gasteiger partial charge in [0.1, 0.15) is 11.7 Å². The number of carbonyl (C=O) groups is 2. The highest BCUT2D eigenvalue weighted by Crippen LogP contribution is 2.33. The summed E-state index contributed by atoms with van der Waals surface area (Å²) in [6.45, 7) is 1.57. The number of para-hydroxylation sites is 1. The van der Waals surface area contributed by atoms with E-state index in [0.29, 0.717) is 17.6 Å². The van der Waals surface area contributed by atoms with E-state index in [4.69, 9.17) is 4.84 Å². The van der Waals surface area contributed by atoms with Crippen LogP contribution in [0.5, 0.6) is 5.75 Å². The second kappa shape index (κ2) is 2.83. The molecule has 0 bridgehead atoms.